The summed E-state index contributed by atoms with van der Waals surface area (Å²) in [7, 11) is -1.76. The molecule has 4 atom stereocenters. The molecule has 1 aliphatic rings. The zero-order valence-corrected chi connectivity index (χ0v) is 24.3. The second kappa shape index (κ2) is 13.2. The quantitative estimate of drug-likeness (QED) is 0.244. The summed E-state index contributed by atoms with van der Waals surface area (Å²) in [4.78, 5) is 42.5. The number of benzene rings is 1. The Balaban J connectivity index is 1.41. The first-order valence-corrected chi connectivity index (χ1v) is 14.7. The molecule has 1 fully saturated rings. The van der Waals surface area contributed by atoms with Gasteiger partial charge in [0.2, 0.25) is 0 Å². The van der Waals surface area contributed by atoms with Crippen molar-refractivity contribution in [1.29, 1.82) is 0 Å². The third-order valence-corrected chi connectivity index (χ3v) is 8.03. The summed E-state index contributed by atoms with van der Waals surface area (Å²) in [6, 6.07) is 8.54. The second-order valence-electron chi connectivity index (χ2n) is 9.28. The zero-order valence-electron chi connectivity index (χ0n) is 21.9. The molecule has 0 spiro atoms. The first kappa shape index (κ1) is 29.4. The first-order valence-electron chi connectivity index (χ1n) is 12.3. The number of aromatic nitrogens is 3. The van der Waals surface area contributed by atoms with Crippen molar-refractivity contribution >= 4 is 37.4 Å². The van der Waals surface area contributed by atoms with E-state index in [0.717, 1.165) is 10.6 Å². The minimum Gasteiger partial charge on any atom is -0.462 e. The van der Waals surface area contributed by atoms with Gasteiger partial charge in [-0.1, -0.05) is 18.5 Å². The van der Waals surface area contributed by atoms with Gasteiger partial charge in [-0.2, -0.15) is 0 Å². The van der Waals surface area contributed by atoms with Crippen molar-refractivity contribution in [3.63, 3.8) is 0 Å². The number of ether oxygens (including phenoxy) is 2. The Morgan fingerprint density at radius 3 is 2.69 bits per heavy atom. The van der Waals surface area contributed by atoms with Crippen LogP contribution in [0.2, 0.25) is 4.34 Å². The van der Waals surface area contributed by atoms with E-state index in [1.165, 1.54) is 28.2 Å². The number of halogens is 1. The summed E-state index contributed by atoms with van der Waals surface area (Å²) in [6.45, 7) is 7.45. The molecule has 14 heteroatoms. The third-order valence-electron chi connectivity index (χ3n) is 5.68. The Morgan fingerprint density at radius 2 is 2.05 bits per heavy atom. The van der Waals surface area contributed by atoms with Gasteiger partial charge < -0.3 is 18.5 Å². The smallest absolute Gasteiger partial charge is 0.330 e. The number of esters is 1. The Morgan fingerprint density at radius 1 is 1.31 bits per heavy atom. The number of nitrogens with one attached hydrogen (secondary N) is 2. The van der Waals surface area contributed by atoms with E-state index in [2.05, 4.69) is 15.1 Å². The minimum atomic E-state index is -1.76. The van der Waals surface area contributed by atoms with E-state index < -0.39 is 32.0 Å². The highest BCUT2D eigenvalue weighted by Crippen LogP contribution is 2.40. The van der Waals surface area contributed by atoms with E-state index in [9.17, 15) is 14.4 Å². The van der Waals surface area contributed by atoms with Gasteiger partial charge >= 0.3 is 20.2 Å². The predicted octanol–water partition coefficient (Wildman–Crippen LogP) is 4.41. The number of thiazole rings is 1. The van der Waals surface area contributed by atoms with Crippen LogP contribution in [-0.4, -0.2) is 45.9 Å². The summed E-state index contributed by atoms with van der Waals surface area (Å²) in [6.07, 6.45) is 0.921. The standard InChI is InChI=1S/C25H30ClN4O7PS/c1-14(2)35-21(32)12-27-38(37-18-7-5-17(6-8-18)22-23(26)39-16(4)28-22)34-13-19-11-15(3)24(36-19)30-10-9-20(31)29-25(30)33/h5-10,14-15,19,24,27H,11-13H2,1-4H3,(H,29,31,33). The number of carbonyl (C=O) groups is 1. The van der Waals surface area contributed by atoms with Crippen LogP contribution in [0.1, 0.15) is 38.4 Å². The number of aromatic amines is 1. The molecule has 4 unspecified atom stereocenters. The van der Waals surface area contributed by atoms with Crippen LogP contribution in [0.3, 0.4) is 0 Å². The lowest BCUT2D eigenvalue weighted by Crippen LogP contribution is -2.33. The topological polar surface area (TPSA) is 134 Å². The number of nitrogens with zero attached hydrogens (tertiary/aromatic N) is 2. The molecule has 3 heterocycles. The molecule has 1 aromatic carbocycles. The van der Waals surface area contributed by atoms with Crippen LogP contribution in [0.5, 0.6) is 5.75 Å². The molecule has 0 saturated carbocycles. The van der Waals surface area contributed by atoms with E-state index in [1.807, 2.05) is 26.0 Å². The van der Waals surface area contributed by atoms with Gasteiger partial charge in [0.05, 0.1) is 23.8 Å². The molecular formula is C25H30ClN4O7PS. The van der Waals surface area contributed by atoms with Gasteiger partial charge in [-0.05, 0) is 51.5 Å². The largest absolute Gasteiger partial charge is 0.462 e. The van der Waals surface area contributed by atoms with E-state index in [1.54, 1.807) is 26.0 Å². The average molecular weight is 597 g/mol. The van der Waals surface area contributed by atoms with Gasteiger partial charge in [0.25, 0.3) is 5.56 Å². The third kappa shape index (κ3) is 7.97. The van der Waals surface area contributed by atoms with Crippen molar-refractivity contribution in [2.45, 2.75) is 52.6 Å². The van der Waals surface area contributed by atoms with Crippen molar-refractivity contribution in [2.75, 3.05) is 13.2 Å². The fraction of sp³-hybridized carbons (Fsp3) is 0.440. The summed E-state index contributed by atoms with van der Waals surface area (Å²) in [5.74, 6) is 0.0879. The van der Waals surface area contributed by atoms with Gasteiger partial charge in [0.1, 0.15) is 28.6 Å². The number of carbonyl (C=O) groups excluding carboxylic acids is 1. The van der Waals surface area contributed by atoms with Gasteiger partial charge in [0.15, 0.2) is 0 Å². The highest BCUT2D eigenvalue weighted by atomic mass is 35.5. The van der Waals surface area contributed by atoms with Gasteiger partial charge in [-0.3, -0.25) is 19.1 Å². The summed E-state index contributed by atoms with van der Waals surface area (Å²) < 4.78 is 25.3. The number of hydrogen-bond donors (Lipinski definition) is 2. The number of hydrogen-bond acceptors (Lipinski definition) is 10. The van der Waals surface area contributed by atoms with Crippen LogP contribution in [0.15, 0.2) is 46.1 Å². The van der Waals surface area contributed by atoms with Crippen LogP contribution >= 0.6 is 31.5 Å². The number of rotatable bonds is 11. The number of aryl methyl sites for hydroxylation is 1. The Labute approximate surface area is 235 Å². The summed E-state index contributed by atoms with van der Waals surface area (Å²) >= 11 is 7.71. The molecule has 1 saturated heterocycles. The molecular weight excluding hydrogens is 567 g/mol. The molecule has 1 aliphatic heterocycles. The minimum absolute atomic E-state index is 0.00273. The Bertz CT molecular complexity index is 1390. The van der Waals surface area contributed by atoms with Gasteiger partial charge in [-0.25, -0.2) is 14.9 Å². The molecule has 210 valence electrons. The van der Waals surface area contributed by atoms with E-state index in [4.69, 9.17) is 30.1 Å². The average Bonchev–Trinajstić information content (AvgIpc) is 3.41. The highest BCUT2D eigenvalue weighted by molar-refractivity contribution is 7.45. The Kier molecular flexibility index (Phi) is 9.92. The SMILES string of the molecule is Cc1nc(-c2ccc(OP(NCC(=O)OC(C)C)OCC3CC(C)C(n4ccc(=O)[nH]c4=O)O3)cc2)c(Cl)s1. The van der Waals surface area contributed by atoms with Crippen molar-refractivity contribution in [2.24, 2.45) is 5.92 Å². The lowest BCUT2D eigenvalue weighted by atomic mass is 10.1. The van der Waals surface area contributed by atoms with Gasteiger partial charge in [-0.15, -0.1) is 11.3 Å². The number of H-pyrrole nitrogens is 1. The van der Waals surface area contributed by atoms with Crippen molar-refractivity contribution < 1.29 is 23.3 Å². The molecule has 2 aromatic heterocycles. The fourth-order valence-electron chi connectivity index (χ4n) is 4.03. The molecule has 11 nitrogen and oxygen atoms in total. The summed E-state index contributed by atoms with van der Waals surface area (Å²) in [5, 5.41) is 3.86. The molecule has 2 N–H and O–H groups in total. The lowest BCUT2D eigenvalue weighted by molar-refractivity contribution is -0.145. The normalized spacial score (nSPS) is 19.8. The van der Waals surface area contributed by atoms with Crippen LogP contribution in [0.25, 0.3) is 11.3 Å². The molecule has 39 heavy (non-hydrogen) atoms. The fourth-order valence-corrected chi connectivity index (χ4v) is 6.26. The second-order valence-corrected chi connectivity index (χ2v) is 12.4. The monoisotopic (exact) mass is 596 g/mol. The van der Waals surface area contributed by atoms with E-state index in [0.29, 0.717) is 22.2 Å². The molecule has 4 rings (SSSR count). The maximum Gasteiger partial charge on any atom is 0.330 e. The highest BCUT2D eigenvalue weighted by Gasteiger charge is 2.35. The van der Waals surface area contributed by atoms with Crippen LogP contribution in [-0.2, 0) is 18.8 Å². The molecule has 3 aromatic rings. The Hall–Kier alpha value is -2.60. The zero-order chi connectivity index (χ0) is 28.1. The maximum atomic E-state index is 12.2. The lowest BCUT2D eigenvalue weighted by Gasteiger charge is -2.21. The van der Waals surface area contributed by atoms with Crippen LogP contribution in [0.4, 0.5) is 0 Å². The maximum absolute atomic E-state index is 12.2. The van der Waals surface area contributed by atoms with E-state index in [-0.39, 0.29) is 31.3 Å². The van der Waals surface area contributed by atoms with Crippen molar-refractivity contribution in [3.05, 3.63) is 66.7 Å². The van der Waals surface area contributed by atoms with Gasteiger partial charge in [0, 0.05) is 23.7 Å². The van der Waals surface area contributed by atoms with Crippen molar-refractivity contribution in [3.8, 4) is 17.0 Å². The van der Waals surface area contributed by atoms with E-state index >= 15 is 0 Å². The van der Waals surface area contributed by atoms with Crippen molar-refractivity contribution in [1.82, 2.24) is 19.6 Å². The van der Waals surface area contributed by atoms with Crippen LogP contribution in [0, 0.1) is 12.8 Å². The molecule has 0 bridgehead atoms. The first-order chi connectivity index (χ1) is 18.6. The summed E-state index contributed by atoms with van der Waals surface area (Å²) in [5.41, 5.74) is 0.564. The van der Waals surface area contributed by atoms with Crippen LogP contribution < -0.4 is 20.9 Å². The predicted molar refractivity (Wildman–Crippen MR) is 149 cm³/mol. The molecule has 0 amide bonds. The molecule has 0 radical (unpaired) electrons. The molecule has 0 aliphatic carbocycles.